The molecule has 0 radical (unpaired) electrons. The highest BCUT2D eigenvalue weighted by Gasteiger charge is 2.31. The van der Waals surface area contributed by atoms with E-state index >= 15 is 0 Å². The smallest absolute Gasteiger partial charge is 0.104 e. The first-order valence-electron chi connectivity index (χ1n) is 5.74. The SMILES string of the molecule is CC(CN)(Cc1ccco1)c1c(Cl)cccc1Cl. The average Bonchev–Trinajstić information content (AvgIpc) is 2.81. The number of halogens is 2. The summed E-state index contributed by atoms with van der Waals surface area (Å²) in [6, 6.07) is 9.29. The van der Waals surface area contributed by atoms with Gasteiger partial charge in [-0.15, -0.1) is 0 Å². The van der Waals surface area contributed by atoms with Crippen molar-refractivity contribution in [2.45, 2.75) is 18.8 Å². The molecule has 96 valence electrons. The van der Waals surface area contributed by atoms with Gasteiger partial charge in [0.05, 0.1) is 6.26 Å². The standard InChI is InChI=1S/C14H15Cl2NO/c1-14(9-17,8-10-4-3-7-18-10)13-11(15)5-2-6-12(13)16/h2-7H,8-9,17H2,1H3. The van der Waals surface area contributed by atoms with E-state index in [1.54, 1.807) is 6.26 Å². The third kappa shape index (κ3) is 2.56. The fraction of sp³-hybridized carbons (Fsp3) is 0.286. The minimum atomic E-state index is -0.340. The monoisotopic (exact) mass is 283 g/mol. The van der Waals surface area contributed by atoms with Crippen LogP contribution in [-0.2, 0) is 11.8 Å². The zero-order chi connectivity index (χ0) is 13.2. The van der Waals surface area contributed by atoms with Gasteiger partial charge in [0.1, 0.15) is 5.76 Å². The lowest BCUT2D eigenvalue weighted by Crippen LogP contribution is -2.34. The third-order valence-corrected chi connectivity index (χ3v) is 3.79. The molecular formula is C14H15Cl2NO. The summed E-state index contributed by atoms with van der Waals surface area (Å²) in [5.74, 6) is 0.874. The number of rotatable bonds is 4. The van der Waals surface area contributed by atoms with Crippen LogP contribution in [0.3, 0.4) is 0 Å². The van der Waals surface area contributed by atoms with Gasteiger partial charge in [-0.1, -0.05) is 36.2 Å². The van der Waals surface area contributed by atoms with Crippen LogP contribution in [0.2, 0.25) is 10.0 Å². The highest BCUT2D eigenvalue weighted by Crippen LogP contribution is 2.37. The van der Waals surface area contributed by atoms with Gasteiger partial charge in [-0.05, 0) is 29.8 Å². The van der Waals surface area contributed by atoms with E-state index in [9.17, 15) is 0 Å². The Hall–Kier alpha value is -0.960. The summed E-state index contributed by atoms with van der Waals surface area (Å²) in [6.07, 6.45) is 2.32. The minimum Gasteiger partial charge on any atom is -0.469 e. The molecule has 0 amide bonds. The molecule has 1 atom stereocenters. The normalized spacial score (nSPS) is 14.4. The van der Waals surface area contributed by atoms with Gasteiger partial charge in [-0.2, -0.15) is 0 Å². The van der Waals surface area contributed by atoms with Crippen molar-refractivity contribution < 1.29 is 4.42 Å². The first kappa shape index (κ1) is 13.5. The molecule has 0 saturated carbocycles. The van der Waals surface area contributed by atoms with Gasteiger partial charge in [-0.25, -0.2) is 0 Å². The summed E-state index contributed by atoms with van der Waals surface area (Å²) < 4.78 is 5.39. The molecule has 2 nitrogen and oxygen atoms in total. The van der Waals surface area contributed by atoms with Gasteiger partial charge >= 0.3 is 0 Å². The molecule has 2 rings (SSSR count). The molecule has 0 spiro atoms. The highest BCUT2D eigenvalue weighted by atomic mass is 35.5. The zero-order valence-electron chi connectivity index (χ0n) is 10.1. The lowest BCUT2D eigenvalue weighted by Gasteiger charge is -2.29. The lowest BCUT2D eigenvalue weighted by molar-refractivity contribution is 0.412. The molecule has 0 fully saturated rings. The number of hydrogen-bond acceptors (Lipinski definition) is 2. The van der Waals surface area contributed by atoms with Crippen LogP contribution in [0.25, 0.3) is 0 Å². The van der Waals surface area contributed by atoms with Crippen LogP contribution in [-0.4, -0.2) is 6.54 Å². The maximum absolute atomic E-state index is 6.26. The fourth-order valence-electron chi connectivity index (χ4n) is 2.13. The quantitative estimate of drug-likeness (QED) is 0.920. The Morgan fingerprint density at radius 2 is 1.83 bits per heavy atom. The van der Waals surface area contributed by atoms with E-state index in [4.69, 9.17) is 33.4 Å². The maximum Gasteiger partial charge on any atom is 0.104 e. The molecule has 0 aliphatic carbocycles. The Labute approximate surface area is 117 Å². The van der Waals surface area contributed by atoms with Gasteiger partial charge in [-0.3, -0.25) is 0 Å². The van der Waals surface area contributed by atoms with Crippen molar-refractivity contribution in [2.75, 3.05) is 6.54 Å². The summed E-state index contributed by atoms with van der Waals surface area (Å²) in [5.41, 5.74) is 6.48. The van der Waals surface area contributed by atoms with Crippen molar-refractivity contribution in [3.63, 3.8) is 0 Å². The fourth-order valence-corrected chi connectivity index (χ4v) is 2.99. The lowest BCUT2D eigenvalue weighted by atomic mass is 9.78. The number of furan rings is 1. The molecule has 18 heavy (non-hydrogen) atoms. The van der Waals surface area contributed by atoms with Crippen LogP contribution in [0.1, 0.15) is 18.2 Å². The van der Waals surface area contributed by atoms with Crippen molar-refractivity contribution in [1.29, 1.82) is 0 Å². The van der Waals surface area contributed by atoms with E-state index in [1.165, 1.54) is 0 Å². The van der Waals surface area contributed by atoms with Crippen molar-refractivity contribution in [1.82, 2.24) is 0 Å². The van der Waals surface area contributed by atoms with E-state index in [0.29, 0.717) is 23.0 Å². The molecule has 1 aromatic heterocycles. The van der Waals surface area contributed by atoms with Gasteiger partial charge in [0.15, 0.2) is 0 Å². The van der Waals surface area contributed by atoms with Crippen LogP contribution in [0.15, 0.2) is 41.0 Å². The molecule has 1 aromatic carbocycles. The van der Waals surface area contributed by atoms with Gasteiger partial charge < -0.3 is 10.2 Å². The minimum absolute atomic E-state index is 0.340. The predicted molar refractivity (Wildman–Crippen MR) is 75.3 cm³/mol. The van der Waals surface area contributed by atoms with Crippen molar-refractivity contribution in [2.24, 2.45) is 5.73 Å². The Balaban J connectivity index is 2.43. The summed E-state index contributed by atoms with van der Waals surface area (Å²) >= 11 is 12.5. The summed E-state index contributed by atoms with van der Waals surface area (Å²) in [7, 11) is 0. The average molecular weight is 284 g/mol. The van der Waals surface area contributed by atoms with Gasteiger partial charge in [0.25, 0.3) is 0 Å². The second-order valence-corrected chi connectivity index (χ2v) is 5.43. The second kappa shape index (κ2) is 5.35. The first-order chi connectivity index (χ1) is 8.57. The Morgan fingerprint density at radius 3 is 2.33 bits per heavy atom. The zero-order valence-corrected chi connectivity index (χ0v) is 11.6. The summed E-state index contributed by atoms with van der Waals surface area (Å²) in [5, 5.41) is 1.28. The Kier molecular flexibility index (Phi) is 4.00. The summed E-state index contributed by atoms with van der Waals surface area (Å²) in [6.45, 7) is 2.49. The van der Waals surface area contributed by atoms with E-state index in [1.807, 2.05) is 37.3 Å². The van der Waals surface area contributed by atoms with Crippen molar-refractivity contribution >= 4 is 23.2 Å². The van der Waals surface area contributed by atoms with E-state index < -0.39 is 0 Å². The molecule has 0 aliphatic rings. The molecule has 1 heterocycles. The van der Waals surface area contributed by atoms with E-state index in [2.05, 4.69) is 0 Å². The molecule has 4 heteroatoms. The number of nitrogens with two attached hydrogens (primary N) is 1. The van der Waals surface area contributed by atoms with E-state index in [-0.39, 0.29) is 5.41 Å². The van der Waals surface area contributed by atoms with Crippen molar-refractivity contribution in [3.8, 4) is 0 Å². The predicted octanol–water partition coefficient (Wildman–Crippen LogP) is 4.05. The van der Waals surface area contributed by atoms with Gasteiger partial charge in [0, 0.05) is 28.4 Å². The van der Waals surface area contributed by atoms with Crippen molar-refractivity contribution in [3.05, 3.63) is 58.0 Å². The summed E-state index contributed by atoms with van der Waals surface area (Å²) in [4.78, 5) is 0. The Bertz CT molecular complexity index is 504. The van der Waals surface area contributed by atoms with Crippen LogP contribution < -0.4 is 5.73 Å². The van der Waals surface area contributed by atoms with Crippen LogP contribution in [0, 0.1) is 0 Å². The number of benzene rings is 1. The molecule has 1 unspecified atom stereocenters. The van der Waals surface area contributed by atoms with Gasteiger partial charge in [0.2, 0.25) is 0 Å². The molecule has 0 bridgehead atoms. The molecule has 0 aliphatic heterocycles. The largest absolute Gasteiger partial charge is 0.469 e. The maximum atomic E-state index is 6.26. The third-order valence-electron chi connectivity index (χ3n) is 3.16. The van der Waals surface area contributed by atoms with Crippen LogP contribution >= 0.6 is 23.2 Å². The molecule has 2 N–H and O–H groups in total. The molecule has 0 saturated heterocycles. The topological polar surface area (TPSA) is 39.2 Å². The number of hydrogen-bond donors (Lipinski definition) is 1. The highest BCUT2D eigenvalue weighted by molar-refractivity contribution is 6.36. The second-order valence-electron chi connectivity index (χ2n) is 4.62. The van der Waals surface area contributed by atoms with E-state index in [0.717, 1.165) is 11.3 Å². The Morgan fingerprint density at radius 1 is 1.17 bits per heavy atom. The first-order valence-corrected chi connectivity index (χ1v) is 6.49. The molecule has 2 aromatic rings. The molecular weight excluding hydrogens is 269 g/mol. The van der Waals surface area contributed by atoms with Crippen LogP contribution in [0.4, 0.5) is 0 Å². The van der Waals surface area contributed by atoms with Crippen LogP contribution in [0.5, 0.6) is 0 Å².